The van der Waals surface area contributed by atoms with Gasteiger partial charge in [0.15, 0.2) is 11.6 Å². The summed E-state index contributed by atoms with van der Waals surface area (Å²) in [5, 5.41) is 17.7. The third-order valence-corrected chi connectivity index (χ3v) is 10.6. The molecule has 0 aliphatic heterocycles. The van der Waals surface area contributed by atoms with Crippen LogP contribution in [0.5, 0.6) is 5.75 Å². The highest BCUT2D eigenvalue weighted by Gasteiger charge is 2.44. The lowest BCUT2D eigenvalue weighted by Gasteiger charge is -2.44. The van der Waals surface area contributed by atoms with Crippen LogP contribution in [0.2, 0.25) is 0 Å². The summed E-state index contributed by atoms with van der Waals surface area (Å²) in [4.78, 5) is 21.7. The average molecular weight is 695 g/mol. The van der Waals surface area contributed by atoms with E-state index in [2.05, 4.69) is 10.4 Å². The molecule has 1 amide bonds. The van der Waals surface area contributed by atoms with Gasteiger partial charge in [-0.1, -0.05) is 69.3 Å². The molecule has 0 unspecified atom stereocenters. The second-order valence-corrected chi connectivity index (χ2v) is 15.0. The number of carbonyl (C=O) groups is 1. The molecule has 0 radical (unpaired) electrons. The number of hydrogen-bond donors (Lipinski definition) is 3. The molecule has 6 aromatic rings. The number of carboxylic acid groups (broad SMARTS) is 1. The maximum atomic E-state index is 13.5. The van der Waals surface area contributed by atoms with Crippen molar-refractivity contribution >= 4 is 32.8 Å². The molecule has 4 heterocycles. The molecule has 0 aliphatic rings. The molecule has 12 nitrogen and oxygen atoms in total. The molecule has 4 N–H and O–H groups in total. The fraction of sp³-hybridized carbons (Fsp3) is 0.243. The van der Waals surface area contributed by atoms with Gasteiger partial charge in [-0.3, -0.25) is 4.98 Å². The van der Waals surface area contributed by atoms with E-state index < -0.39 is 27.1 Å². The van der Waals surface area contributed by atoms with Gasteiger partial charge >= 0.3 is 6.09 Å². The van der Waals surface area contributed by atoms with Crippen molar-refractivity contribution in [1.29, 1.82) is 0 Å². The topological polar surface area (TPSA) is 175 Å². The number of anilines is 1. The number of hydrogen-bond acceptors (Lipinski definition) is 9. The van der Waals surface area contributed by atoms with Crippen LogP contribution >= 0.6 is 0 Å². The highest BCUT2D eigenvalue weighted by molar-refractivity contribution is 7.90. The zero-order valence-corrected chi connectivity index (χ0v) is 29.2. The number of nitrogens with zero attached hydrogens (tertiary/aromatic N) is 4. The number of amides is 1. The Balaban J connectivity index is 1.46. The smallest absolute Gasteiger partial charge is 0.405 e. The van der Waals surface area contributed by atoms with Gasteiger partial charge in [-0.2, -0.15) is 17.6 Å². The molecular weight excluding hydrogens is 657 g/mol. The second-order valence-electron chi connectivity index (χ2n) is 13.2. The van der Waals surface area contributed by atoms with Gasteiger partial charge in [0.2, 0.25) is 0 Å². The van der Waals surface area contributed by atoms with Crippen molar-refractivity contribution in [2.24, 2.45) is 5.41 Å². The first-order valence-electron chi connectivity index (χ1n) is 15.9. The Morgan fingerprint density at radius 1 is 1.00 bits per heavy atom. The Hall–Kier alpha value is -5.69. The van der Waals surface area contributed by atoms with Crippen LogP contribution in [0.1, 0.15) is 37.8 Å². The summed E-state index contributed by atoms with van der Waals surface area (Å²) in [6, 6.07) is 22.9. The van der Waals surface area contributed by atoms with Crippen molar-refractivity contribution in [1.82, 2.24) is 24.5 Å². The third-order valence-electron chi connectivity index (χ3n) is 9.00. The van der Waals surface area contributed by atoms with Gasteiger partial charge in [-0.25, -0.2) is 9.78 Å². The van der Waals surface area contributed by atoms with E-state index in [1.807, 2.05) is 51.1 Å². The molecule has 13 heteroatoms. The third kappa shape index (κ3) is 6.39. The van der Waals surface area contributed by atoms with Crippen molar-refractivity contribution in [3.05, 3.63) is 108 Å². The molecule has 4 aromatic heterocycles. The minimum atomic E-state index is -3.99. The standard InChI is InChI=1S/C37H38N6O6S/c1-23-28-18-30(39-21-31(28)43(42-23)50(46,47)26-14-10-7-11-15-26)29-19-32(34(38)40-33(29)27-16-17-48-24(27)2)49-22-37(36(3,4)5,41-35(44)45)20-25-12-8-6-9-13-25/h6-19,21,41H,20,22H2,1-5H3,(H2,38,40)(H,44,45)/t37-/m1/s1. The number of aryl methyl sites for hydroxylation is 2. The Bertz CT molecular complexity index is 2300. The number of furan rings is 1. The van der Waals surface area contributed by atoms with E-state index >= 15 is 0 Å². The van der Waals surface area contributed by atoms with Gasteiger partial charge in [-0.15, -0.1) is 0 Å². The number of benzene rings is 2. The van der Waals surface area contributed by atoms with E-state index in [9.17, 15) is 18.3 Å². The van der Waals surface area contributed by atoms with E-state index in [-0.39, 0.29) is 23.1 Å². The molecule has 0 fully saturated rings. The largest absolute Gasteiger partial charge is 0.487 e. The quantitative estimate of drug-likeness (QED) is 0.137. The first-order chi connectivity index (χ1) is 23.7. The predicted molar refractivity (Wildman–Crippen MR) is 190 cm³/mol. The van der Waals surface area contributed by atoms with Gasteiger partial charge in [-0.05, 0) is 61.6 Å². The maximum Gasteiger partial charge on any atom is 0.405 e. The summed E-state index contributed by atoms with van der Waals surface area (Å²) in [7, 11) is -3.99. The molecule has 1 atom stereocenters. The summed E-state index contributed by atoms with van der Waals surface area (Å²) in [5.41, 5.74) is 8.75. The molecule has 0 saturated carbocycles. The van der Waals surface area contributed by atoms with Gasteiger partial charge < -0.3 is 25.3 Å². The fourth-order valence-electron chi connectivity index (χ4n) is 5.96. The molecular formula is C37H38N6O6S. The van der Waals surface area contributed by atoms with Gasteiger partial charge in [0.1, 0.15) is 17.9 Å². The summed E-state index contributed by atoms with van der Waals surface area (Å²) in [5.74, 6) is 0.909. The van der Waals surface area contributed by atoms with E-state index in [4.69, 9.17) is 24.9 Å². The van der Waals surface area contributed by atoms with Crippen LogP contribution in [0, 0.1) is 19.3 Å². The van der Waals surface area contributed by atoms with Gasteiger partial charge in [0.25, 0.3) is 10.0 Å². The van der Waals surface area contributed by atoms with Crippen molar-refractivity contribution in [3.63, 3.8) is 0 Å². The molecule has 50 heavy (non-hydrogen) atoms. The van der Waals surface area contributed by atoms with Crippen molar-refractivity contribution in [2.75, 3.05) is 12.3 Å². The summed E-state index contributed by atoms with van der Waals surface area (Å²) >= 11 is 0. The van der Waals surface area contributed by atoms with Gasteiger partial charge in [0, 0.05) is 16.5 Å². The molecule has 0 aliphatic carbocycles. The minimum absolute atomic E-state index is 0.0667. The van der Waals surface area contributed by atoms with E-state index in [0.717, 1.165) is 9.65 Å². The average Bonchev–Trinajstić information content (AvgIpc) is 3.66. The Morgan fingerprint density at radius 3 is 2.30 bits per heavy atom. The lowest BCUT2D eigenvalue weighted by Crippen LogP contribution is -2.62. The van der Waals surface area contributed by atoms with Crippen LogP contribution < -0.4 is 15.8 Å². The highest BCUT2D eigenvalue weighted by Crippen LogP contribution is 2.40. The number of aromatic nitrogens is 4. The predicted octanol–water partition coefficient (Wildman–Crippen LogP) is 6.86. The zero-order valence-electron chi connectivity index (χ0n) is 28.3. The van der Waals surface area contributed by atoms with Crippen LogP contribution in [0.15, 0.2) is 101 Å². The Labute approximate surface area is 290 Å². The van der Waals surface area contributed by atoms with Crippen molar-refractivity contribution < 1.29 is 27.5 Å². The van der Waals surface area contributed by atoms with Crippen molar-refractivity contribution in [2.45, 2.75) is 51.5 Å². The summed E-state index contributed by atoms with van der Waals surface area (Å²) in [6.45, 7) is 9.32. The van der Waals surface area contributed by atoms with E-state index in [1.165, 1.54) is 18.3 Å². The Morgan fingerprint density at radius 2 is 1.68 bits per heavy atom. The summed E-state index contributed by atoms with van der Waals surface area (Å²) in [6.07, 6.45) is 2.19. The van der Waals surface area contributed by atoms with Crippen LogP contribution in [-0.2, 0) is 16.4 Å². The zero-order chi connectivity index (χ0) is 35.8. The minimum Gasteiger partial charge on any atom is -0.487 e. The molecule has 0 spiro atoms. The number of nitrogen functional groups attached to an aromatic ring is 1. The van der Waals surface area contributed by atoms with Crippen LogP contribution in [0.3, 0.4) is 0 Å². The summed E-state index contributed by atoms with van der Waals surface area (Å²) < 4.78 is 40.1. The number of nitrogens with two attached hydrogens (primary N) is 1. The Kier molecular flexibility index (Phi) is 8.87. The van der Waals surface area contributed by atoms with E-state index in [0.29, 0.717) is 51.3 Å². The number of rotatable bonds is 10. The first-order valence-corrected chi connectivity index (χ1v) is 17.3. The molecule has 6 rings (SSSR count). The molecule has 0 bridgehead atoms. The number of fused-ring (bicyclic) bond motifs is 1. The lowest BCUT2D eigenvalue weighted by molar-refractivity contribution is 0.0690. The van der Waals surface area contributed by atoms with Crippen LogP contribution in [0.4, 0.5) is 10.6 Å². The highest BCUT2D eigenvalue weighted by atomic mass is 32.2. The van der Waals surface area contributed by atoms with E-state index in [1.54, 1.807) is 56.5 Å². The monoisotopic (exact) mass is 694 g/mol. The number of nitrogens with one attached hydrogen (secondary N) is 1. The molecule has 0 saturated heterocycles. The van der Waals surface area contributed by atoms with Crippen LogP contribution in [0.25, 0.3) is 33.4 Å². The fourth-order valence-corrected chi connectivity index (χ4v) is 7.30. The first kappa shape index (κ1) is 34.2. The van der Waals surface area contributed by atoms with Crippen molar-refractivity contribution in [3.8, 4) is 28.3 Å². The second kappa shape index (κ2) is 13.0. The van der Waals surface area contributed by atoms with Gasteiger partial charge in [0.05, 0.1) is 40.0 Å². The normalized spacial score (nSPS) is 13.2. The number of pyridine rings is 2. The lowest BCUT2D eigenvalue weighted by atomic mass is 9.70. The molecule has 2 aromatic carbocycles. The molecule has 258 valence electrons. The SMILES string of the molecule is Cc1occc1-c1nc(N)c(OC[C@@](Cc2ccccc2)(NC(=O)O)C(C)(C)C)cc1-c1cc2c(C)nn(S(=O)(=O)c3ccccc3)c2cn1. The maximum absolute atomic E-state index is 13.5. The number of ether oxygens (including phenoxy) is 1. The van der Waals surface area contributed by atoms with Crippen LogP contribution in [-0.4, -0.2) is 50.9 Å².